The van der Waals surface area contributed by atoms with Gasteiger partial charge in [0.2, 0.25) is 0 Å². The van der Waals surface area contributed by atoms with E-state index in [9.17, 15) is 7.67 Å². The molecule has 0 rings (SSSR count). The topological polar surface area (TPSA) is 105 Å². The second-order valence-corrected chi connectivity index (χ2v) is 3.12. The van der Waals surface area contributed by atoms with Crippen LogP contribution in [0, 0.1) is 0 Å². The van der Waals surface area contributed by atoms with E-state index in [-0.39, 0.29) is 0 Å². The van der Waals surface area contributed by atoms with E-state index in [1.54, 1.807) is 0 Å². The van der Waals surface area contributed by atoms with Gasteiger partial charge in [0, 0.05) is 0 Å². The van der Waals surface area contributed by atoms with Gasteiger partial charge in [-0.15, -0.1) is 0 Å². The molecule has 0 saturated heterocycles. The molecular weight excluding hydrogens is 171 g/mol. The molecule has 0 bridgehead atoms. The number of hydrogen-bond donors (Lipinski definition) is 2. The fourth-order valence-electron chi connectivity index (χ4n) is 0.0227. The normalized spacial score (nSPS) is 11.7. The summed E-state index contributed by atoms with van der Waals surface area (Å²) >= 11 is -4.75. The molecule has 0 radical (unpaired) electrons. The number of nitrogens with two attached hydrogens (primary N) is 2. The molecule has 0 aromatic heterocycles. The van der Waals surface area contributed by atoms with Gasteiger partial charge in [-0.1, -0.05) is 0 Å². The van der Waals surface area contributed by atoms with Crippen molar-refractivity contribution in [3.05, 3.63) is 0 Å². The summed E-state index contributed by atoms with van der Waals surface area (Å²) in [6.07, 6.45) is 0. The van der Waals surface area contributed by atoms with E-state index in [0.29, 0.717) is 0 Å². The van der Waals surface area contributed by atoms with Crippen molar-refractivity contribution in [1.29, 1.82) is 0 Å². The van der Waals surface area contributed by atoms with Gasteiger partial charge in [0.25, 0.3) is 0 Å². The summed E-state index contributed by atoms with van der Waals surface area (Å²) in [6, 6.07) is 0. The van der Waals surface area contributed by atoms with Gasteiger partial charge in [-0.3, -0.25) is 0 Å². The minimum absolute atomic E-state index is 3.28. The molecule has 0 aliphatic heterocycles. The standard InChI is InChI=1S/H4N2O4Se/c1-5-7(3,4)6-2/h1-2H2. The Balaban J connectivity index is 3.89. The Morgan fingerprint density at radius 1 is 1.14 bits per heavy atom. The first-order chi connectivity index (χ1) is 3.12. The van der Waals surface area contributed by atoms with E-state index in [4.69, 9.17) is 0 Å². The molecule has 0 unspecified atom stereocenters. The summed E-state index contributed by atoms with van der Waals surface area (Å²) in [5.41, 5.74) is 0. The first-order valence-corrected chi connectivity index (χ1v) is 3.94. The zero-order valence-corrected chi connectivity index (χ0v) is 4.91. The monoisotopic (exact) mass is 176 g/mol. The third-order valence-electron chi connectivity index (χ3n) is 0.236. The van der Waals surface area contributed by atoms with Crippen molar-refractivity contribution < 1.29 is 15.5 Å². The fourth-order valence-corrected chi connectivity index (χ4v) is 0.118. The van der Waals surface area contributed by atoms with Crippen LogP contribution in [0.3, 0.4) is 0 Å². The predicted molar refractivity (Wildman–Crippen MR) is 17.7 cm³/mol. The fraction of sp³-hybridized carbons (Fsp3) is 0. The van der Waals surface area contributed by atoms with Crippen molar-refractivity contribution in [3.63, 3.8) is 0 Å². The molecule has 0 aliphatic rings. The van der Waals surface area contributed by atoms with E-state index in [1.165, 1.54) is 0 Å². The van der Waals surface area contributed by atoms with Crippen LogP contribution in [-0.4, -0.2) is 13.4 Å². The van der Waals surface area contributed by atoms with Gasteiger partial charge >= 0.3 is 40.7 Å². The van der Waals surface area contributed by atoms with Gasteiger partial charge in [-0.25, -0.2) is 0 Å². The Morgan fingerprint density at radius 3 is 1.43 bits per heavy atom. The van der Waals surface area contributed by atoms with Crippen LogP contribution in [0.2, 0.25) is 0 Å². The molecule has 4 N–H and O–H groups in total. The average Bonchev–Trinajstić information content (AvgIpc) is 1.68. The van der Waals surface area contributed by atoms with Crippen LogP contribution >= 0.6 is 0 Å². The van der Waals surface area contributed by atoms with Crippen LogP contribution in [0.15, 0.2) is 0 Å². The van der Waals surface area contributed by atoms with Gasteiger partial charge < -0.3 is 0 Å². The third kappa shape index (κ3) is 2.63. The summed E-state index contributed by atoms with van der Waals surface area (Å²) < 4.78 is 26.1. The molecule has 0 heterocycles. The molecule has 6 nitrogen and oxygen atoms in total. The molecule has 7 heteroatoms. The summed E-state index contributed by atoms with van der Waals surface area (Å²) in [6.45, 7) is 0. The van der Waals surface area contributed by atoms with Crippen LogP contribution in [0.5, 0.6) is 0 Å². The molecular formula is H4N2O4Se. The van der Waals surface area contributed by atoms with E-state index < -0.39 is 13.4 Å². The Hall–Kier alpha value is -0.0405. The quantitative estimate of drug-likeness (QED) is 0.373. The second kappa shape index (κ2) is 2.31. The van der Waals surface area contributed by atoms with Gasteiger partial charge in [0.05, 0.1) is 0 Å². The molecule has 0 atom stereocenters. The van der Waals surface area contributed by atoms with Crippen LogP contribution in [-0.2, 0) is 15.5 Å². The summed E-state index contributed by atoms with van der Waals surface area (Å²) in [7, 11) is 0. The molecule has 0 spiro atoms. The molecule has 0 amide bonds. The summed E-state index contributed by atoms with van der Waals surface area (Å²) in [5, 5.41) is 0. The van der Waals surface area contributed by atoms with Crippen LogP contribution in [0.25, 0.3) is 0 Å². The first kappa shape index (κ1) is 6.96. The minimum atomic E-state index is -4.75. The molecule has 0 aromatic carbocycles. The number of hydrogen-bond acceptors (Lipinski definition) is 6. The summed E-state index contributed by atoms with van der Waals surface area (Å²) in [4.78, 5) is 0. The van der Waals surface area contributed by atoms with Gasteiger partial charge in [-0.05, 0) is 0 Å². The third-order valence-corrected chi connectivity index (χ3v) is 1.22. The van der Waals surface area contributed by atoms with Gasteiger partial charge in [0.15, 0.2) is 0 Å². The maximum atomic E-state index is 9.75. The Labute approximate surface area is 41.6 Å². The van der Waals surface area contributed by atoms with Gasteiger partial charge in [-0.2, -0.15) is 0 Å². The van der Waals surface area contributed by atoms with E-state index >= 15 is 0 Å². The molecule has 0 fully saturated rings. The molecule has 0 saturated carbocycles. The van der Waals surface area contributed by atoms with Crippen LogP contribution in [0.1, 0.15) is 0 Å². The Kier molecular flexibility index (Phi) is 2.30. The van der Waals surface area contributed by atoms with E-state index in [1.807, 2.05) is 0 Å². The van der Waals surface area contributed by atoms with Crippen molar-refractivity contribution in [1.82, 2.24) is 0 Å². The Morgan fingerprint density at radius 2 is 1.43 bits per heavy atom. The SMILES string of the molecule is NO[Se](=O)(=O)ON. The summed E-state index contributed by atoms with van der Waals surface area (Å²) in [5.74, 6) is 8.31. The average molecular weight is 175 g/mol. The van der Waals surface area contributed by atoms with Crippen molar-refractivity contribution in [2.45, 2.75) is 0 Å². The first-order valence-electron chi connectivity index (χ1n) is 1.14. The maximum absolute atomic E-state index is 9.75. The number of rotatable bonds is 2. The van der Waals surface area contributed by atoms with Crippen molar-refractivity contribution in [2.24, 2.45) is 11.8 Å². The zero-order chi connectivity index (χ0) is 5.91. The second-order valence-electron chi connectivity index (χ2n) is 0.601. The van der Waals surface area contributed by atoms with Crippen LogP contribution in [0.4, 0.5) is 0 Å². The molecule has 0 aliphatic carbocycles. The molecule has 7 heavy (non-hydrogen) atoms. The van der Waals surface area contributed by atoms with E-state index in [0.717, 1.165) is 0 Å². The van der Waals surface area contributed by atoms with E-state index in [2.05, 4.69) is 19.6 Å². The Bertz CT molecular complexity index is 113. The molecule has 0 aromatic rings. The van der Waals surface area contributed by atoms with Gasteiger partial charge in [0.1, 0.15) is 0 Å². The van der Waals surface area contributed by atoms with Crippen molar-refractivity contribution >= 4 is 13.4 Å². The molecule has 44 valence electrons. The van der Waals surface area contributed by atoms with Crippen molar-refractivity contribution in [2.75, 3.05) is 0 Å². The predicted octanol–water partition coefficient (Wildman–Crippen LogP) is -1.94. The zero-order valence-electron chi connectivity index (χ0n) is 3.20. The van der Waals surface area contributed by atoms with Crippen molar-refractivity contribution in [3.8, 4) is 0 Å². The van der Waals surface area contributed by atoms with Crippen LogP contribution < -0.4 is 11.8 Å².